The number of rotatable bonds is 13. The van der Waals surface area contributed by atoms with E-state index in [2.05, 4.69) is 32.3 Å². The summed E-state index contributed by atoms with van der Waals surface area (Å²) >= 11 is -3.17. The lowest BCUT2D eigenvalue weighted by Crippen LogP contribution is -2.53. The minimum Gasteiger partial charge on any atom is -0.509 e. The van der Waals surface area contributed by atoms with Crippen molar-refractivity contribution in [3.63, 3.8) is 0 Å². The van der Waals surface area contributed by atoms with Crippen LogP contribution in [0.4, 0.5) is 11.6 Å². The van der Waals surface area contributed by atoms with E-state index in [-0.39, 0.29) is 0 Å². The SMILES string of the molecule is CCOc1cccc2c1C1=NC2=Nc2c3c(OCC)cccc3c3[n]2[Al]([O][Si](C)(C)CCCN)[n]2c(c4cccc(OCC)c4c2=NC2=NC(=N3)c3c(OCC)cccc32)=N1. The summed E-state index contributed by atoms with van der Waals surface area (Å²) in [6, 6.07) is 24.8. The molecule has 0 fully saturated rings. The second-order valence-electron chi connectivity index (χ2n) is 15.5. The maximum Gasteiger partial charge on any atom is 0.798 e. The zero-order valence-electron chi connectivity index (χ0n) is 35.2. The molecular weight excluding hydrogens is 802 g/mol. The first-order valence-electron chi connectivity index (χ1n) is 21.1. The van der Waals surface area contributed by atoms with Crippen LogP contribution >= 0.6 is 0 Å². The number of aromatic nitrogens is 2. The normalized spacial score (nSPS) is 14.6. The molecule has 0 unspecified atom stereocenters. The van der Waals surface area contributed by atoms with Gasteiger partial charge in [-0.3, -0.25) is 0 Å². The second-order valence-corrected chi connectivity index (χ2v) is 22.2. The molecule has 6 aromatic rings. The van der Waals surface area contributed by atoms with Crippen molar-refractivity contribution in [3.8, 4) is 23.0 Å². The van der Waals surface area contributed by atoms with Gasteiger partial charge < -0.3 is 35.3 Å². The molecule has 61 heavy (non-hydrogen) atoms. The number of benzene rings is 4. The first-order chi connectivity index (χ1) is 29.8. The highest BCUT2D eigenvalue weighted by atomic mass is 28.4. The van der Waals surface area contributed by atoms with Crippen LogP contribution in [0.3, 0.4) is 0 Å². The van der Waals surface area contributed by atoms with Gasteiger partial charge in [0, 0.05) is 21.9 Å². The number of amidine groups is 4. The van der Waals surface area contributed by atoms with E-state index >= 15 is 0 Å². The van der Waals surface area contributed by atoms with Gasteiger partial charge in [-0.25, -0.2) is 30.0 Å². The lowest BCUT2D eigenvalue weighted by Gasteiger charge is -2.29. The Labute approximate surface area is 358 Å². The third kappa shape index (κ3) is 6.35. The molecule has 0 spiro atoms. The van der Waals surface area contributed by atoms with Crippen LogP contribution in [0.1, 0.15) is 56.4 Å². The molecule has 4 aliphatic rings. The third-order valence-electron chi connectivity index (χ3n) is 11.2. The largest absolute Gasteiger partial charge is 0.798 e. The van der Waals surface area contributed by atoms with Gasteiger partial charge >= 0.3 is 14.9 Å². The minimum atomic E-state index is -3.17. The maximum absolute atomic E-state index is 7.82. The predicted molar refractivity (Wildman–Crippen MR) is 243 cm³/mol. The predicted octanol–water partition coefficient (Wildman–Crippen LogP) is 7.09. The van der Waals surface area contributed by atoms with Gasteiger partial charge in [0.1, 0.15) is 45.6 Å². The highest BCUT2D eigenvalue weighted by Gasteiger charge is 2.46. The number of hydrogen-bond acceptors (Lipinski definition) is 12. The van der Waals surface area contributed by atoms with Crippen molar-refractivity contribution < 1.29 is 22.4 Å². The molecule has 0 aliphatic carbocycles. The quantitative estimate of drug-likeness (QED) is 0.123. The van der Waals surface area contributed by atoms with Crippen LogP contribution in [0.15, 0.2) is 103 Å². The molecule has 6 heterocycles. The Balaban J connectivity index is 1.48. The maximum atomic E-state index is 7.82. The minimum absolute atomic E-state index is 0.442. The van der Waals surface area contributed by atoms with E-state index in [9.17, 15) is 0 Å². The van der Waals surface area contributed by atoms with Crippen LogP contribution in [-0.2, 0) is 3.48 Å². The van der Waals surface area contributed by atoms with Gasteiger partial charge in [-0.05, 0) is 84.1 Å². The summed E-state index contributed by atoms with van der Waals surface area (Å²) in [7, 11) is -2.54. The summed E-state index contributed by atoms with van der Waals surface area (Å²) in [4.78, 5) is 32.7. The van der Waals surface area contributed by atoms with E-state index in [4.69, 9.17) is 58.1 Å². The van der Waals surface area contributed by atoms with E-state index in [1.807, 2.05) is 88.4 Å². The summed E-state index contributed by atoms with van der Waals surface area (Å²) in [5, 5.41) is 3.23. The molecule has 0 amide bonds. The Bertz CT molecular complexity index is 3060. The lowest BCUT2D eigenvalue weighted by molar-refractivity contribution is 0.339. The Morgan fingerprint density at radius 1 is 0.541 bits per heavy atom. The van der Waals surface area contributed by atoms with Crippen molar-refractivity contribution in [2.24, 2.45) is 35.7 Å². The van der Waals surface area contributed by atoms with Gasteiger partial charge in [0.15, 0.2) is 31.7 Å². The zero-order chi connectivity index (χ0) is 42.0. The highest BCUT2D eigenvalue weighted by molar-refractivity contribution is 6.78. The molecule has 4 aromatic carbocycles. The molecule has 10 rings (SSSR count). The van der Waals surface area contributed by atoms with E-state index in [0.717, 1.165) is 56.3 Å². The first kappa shape index (κ1) is 39.3. The Kier molecular flexibility index (Phi) is 10.00. The number of fused-ring (bicyclic) bond motifs is 14. The van der Waals surface area contributed by atoms with Gasteiger partial charge in [-0.2, -0.15) is 0 Å². The summed E-state index contributed by atoms with van der Waals surface area (Å²) in [5.41, 5.74) is 10.5. The molecule has 0 saturated heterocycles. The Morgan fingerprint density at radius 3 is 1.69 bits per heavy atom. The molecule has 4 aliphatic heterocycles. The summed E-state index contributed by atoms with van der Waals surface area (Å²) in [5.74, 6) is 5.85. The fraction of sp³-hybridized carbons (Fsp3) is 0.289. The van der Waals surface area contributed by atoms with Gasteiger partial charge in [0.05, 0.1) is 48.3 Å². The van der Waals surface area contributed by atoms with Crippen LogP contribution < -0.4 is 35.7 Å². The first-order valence-corrected chi connectivity index (χ1v) is 25.7. The van der Waals surface area contributed by atoms with Gasteiger partial charge in [0.2, 0.25) is 0 Å². The molecular formula is C45H46AlN9O5Si. The van der Waals surface area contributed by atoms with Gasteiger partial charge in [-0.1, -0.05) is 48.5 Å². The average Bonchev–Trinajstić information content (AvgIpc) is 3.97. The second kappa shape index (κ2) is 15.5. The van der Waals surface area contributed by atoms with E-state index in [1.165, 1.54) is 0 Å². The van der Waals surface area contributed by atoms with Gasteiger partial charge in [0.25, 0.3) is 0 Å². The van der Waals surface area contributed by atoms with E-state index < -0.39 is 23.2 Å². The molecule has 0 atom stereocenters. The van der Waals surface area contributed by atoms with Crippen molar-refractivity contribution in [2.45, 2.75) is 53.3 Å². The number of nitrogens with zero attached hydrogens (tertiary/aromatic N) is 8. The molecule has 0 radical (unpaired) electrons. The Morgan fingerprint density at radius 2 is 1.05 bits per heavy atom. The lowest BCUT2D eigenvalue weighted by atomic mass is 10.1. The van der Waals surface area contributed by atoms with Crippen molar-refractivity contribution in [1.29, 1.82) is 0 Å². The smallest absolute Gasteiger partial charge is 0.509 e. The summed E-state index contributed by atoms with van der Waals surface area (Å²) < 4.78 is 37.7. The third-order valence-corrected chi connectivity index (χ3v) is 18.0. The number of nitrogens with two attached hydrogens (primary N) is 1. The fourth-order valence-electron chi connectivity index (χ4n) is 8.72. The number of hydrogen-bond donors (Lipinski definition) is 1. The van der Waals surface area contributed by atoms with Crippen LogP contribution in [0.25, 0.3) is 21.5 Å². The monoisotopic (exact) mass is 847 g/mol. The molecule has 16 heteroatoms. The van der Waals surface area contributed by atoms with Gasteiger partial charge in [-0.15, -0.1) is 0 Å². The molecule has 14 nitrogen and oxygen atoms in total. The highest BCUT2D eigenvalue weighted by Crippen LogP contribution is 2.46. The van der Waals surface area contributed by atoms with Crippen LogP contribution in [0.5, 0.6) is 23.0 Å². The van der Waals surface area contributed by atoms with Crippen LogP contribution in [0, 0.1) is 0 Å². The molecule has 2 N–H and O–H groups in total. The van der Waals surface area contributed by atoms with Crippen LogP contribution in [-0.4, -0.2) is 86.7 Å². The van der Waals surface area contributed by atoms with Crippen LogP contribution in [0.2, 0.25) is 19.1 Å². The number of ether oxygens (including phenoxy) is 4. The topological polar surface area (TPSA) is 156 Å². The van der Waals surface area contributed by atoms with Crippen molar-refractivity contribution in [1.82, 2.24) is 7.10 Å². The molecule has 308 valence electrons. The van der Waals surface area contributed by atoms with E-state index in [0.29, 0.717) is 102 Å². The van der Waals surface area contributed by atoms with Crippen molar-refractivity contribution in [2.75, 3.05) is 33.0 Å². The van der Waals surface area contributed by atoms with E-state index in [1.54, 1.807) is 0 Å². The number of aliphatic imine (C=N–C) groups is 4. The fourth-order valence-corrected chi connectivity index (χ4v) is 15.2. The summed E-state index contributed by atoms with van der Waals surface area (Å²) in [6.45, 7) is 14.8. The zero-order valence-corrected chi connectivity index (χ0v) is 37.3. The van der Waals surface area contributed by atoms with Crippen molar-refractivity contribution >= 4 is 79.8 Å². The average molecular weight is 848 g/mol. The summed E-state index contributed by atoms with van der Waals surface area (Å²) in [6.07, 6.45) is 0.821. The van der Waals surface area contributed by atoms with Crippen molar-refractivity contribution in [3.05, 3.63) is 106 Å². The standard InChI is InChI=1S/C40H32N8O4.C5H14NOSi.Al/c1-5-49-25-17-9-13-21-29(25)37-41-33(21)46-38-31-23(15-11-19-27(31)51-7-3)35(43-38)48-40-32-24(16-12-20-28(32)52-8-4)36(44-40)47-39-30-22(34(42-39)45-37)14-10-18-26(30)50-6-2;1-8(2,7)5-3-4-6;/h9-20H,5-8H2,1-4H3;3-6H2,1-2H3;/q-2;-1;+3. The molecule has 0 saturated carbocycles. The molecule has 2 aromatic heterocycles. The molecule has 6 bridgehead atoms. The Hall–Kier alpha value is -5.89.